The van der Waals surface area contributed by atoms with Gasteiger partial charge in [0.05, 0.1) is 11.6 Å². The predicted octanol–water partition coefficient (Wildman–Crippen LogP) is 2.88. The predicted molar refractivity (Wildman–Crippen MR) is 97.3 cm³/mol. The molecular formula is C19H18ClN3O3. The average molecular weight is 372 g/mol. The normalized spacial score (nSPS) is 31.8. The van der Waals surface area contributed by atoms with Gasteiger partial charge in [0.2, 0.25) is 0 Å². The third-order valence-corrected chi connectivity index (χ3v) is 5.66. The molecule has 3 atom stereocenters. The van der Waals surface area contributed by atoms with Gasteiger partial charge in [0.25, 0.3) is 6.02 Å². The molecule has 2 N–H and O–H groups in total. The molecule has 1 aromatic heterocycles. The molecule has 2 aromatic rings. The highest BCUT2D eigenvalue weighted by Crippen LogP contribution is 2.53. The Morgan fingerprint density at radius 1 is 1.23 bits per heavy atom. The number of ether oxygens (including phenoxy) is 3. The van der Waals surface area contributed by atoms with Crippen molar-refractivity contribution in [1.82, 2.24) is 4.98 Å². The zero-order chi connectivity index (χ0) is 17.9. The number of halogens is 1. The molecule has 1 aromatic carbocycles. The van der Waals surface area contributed by atoms with Gasteiger partial charge >= 0.3 is 0 Å². The lowest BCUT2D eigenvalue weighted by Crippen LogP contribution is -2.57. The monoisotopic (exact) mass is 371 g/mol. The fourth-order valence-electron chi connectivity index (χ4n) is 4.25. The van der Waals surface area contributed by atoms with E-state index >= 15 is 0 Å². The third kappa shape index (κ3) is 2.15. The van der Waals surface area contributed by atoms with Crippen LogP contribution in [0.5, 0.6) is 5.75 Å². The topological polar surface area (TPSA) is 79.0 Å². The molecule has 0 radical (unpaired) electrons. The molecule has 134 valence electrons. The van der Waals surface area contributed by atoms with Crippen LogP contribution in [0.2, 0.25) is 5.02 Å². The van der Waals surface area contributed by atoms with E-state index in [0.29, 0.717) is 18.2 Å². The Kier molecular flexibility index (Phi) is 3.27. The van der Waals surface area contributed by atoms with Gasteiger partial charge < -0.3 is 19.9 Å². The SMILES string of the molecule is C[C@]12CCO[C@H]1C1(COC(N)=N1)c1cc(-c3cncc(Cl)c3)ccc1O2. The second-order valence-corrected chi connectivity index (χ2v) is 7.62. The van der Waals surface area contributed by atoms with Gasteiger partial charge in [0.15, 0.2) is 5.54 Å². The lowest BCUT2D eigenvalue weighted by atomic mass is 9.74. The average Bonchev–Trinajstić information content (AvgIpc) is 3.19. The van der Waals surface area contributed by atoms with Crippen molar-refractivity contribution in [1.29, 1.82) is 0 Å². The van der Waals surface area contributed by atoms with Crippen LogP contribution >= 0.6 is 11.6 Å². The van der Waals surface area contributed by atoms with Gasteiger partial charge in [0, 0.05) is 29.9 Å². The minimum Gasteiger partial charge on any atom is -0.484 e. The van der Waals surface area contributed by atoms with E-state index in [4.69, 9.17) is 31.5 Å². The van der Waals surface area contributed by atoms with E-state index in [9.17, 15) is 0 Å². The van der Waals surface area contributed by atoms with Gasteiger partial charge in [-0.05, 0) is 30.7 Å². The molecule has 26 heavy (non-hydrogen) atoms. The summed E-state index contributed by atoms with van der Waals surface area (Å²) in [7, 11) is 0. The van der Waals surface area contributed by atoms with E-state index in [1.165, 1.54) is 0 Å². The first-order valence-electron chi connectivity index (χ1n) is 8.54. The molecule has 1 saturated heterocycles. The van der Waals surface area contributed by atoms with Gasteiger partial charge in [-0.15, -0.1) is 0 Å². The number of fused-ring (bicyclic) bond motifs is 4. The maximum Gasteiger partial charge on any atom is 0.283 e. The molecule has 0 bridgehead atoms. The maximum absolute atomic E-state index is 6.35. The molecule has 1 unspecified atom stereocenters. The van der Waals surface area contributed by atoms with Crippen LogP contribution in [-0.2, 0) is 15.0 Å². The molecule has 6 nitrogen and oxygen atoms in total. The van der Waals surface area contributed by atoms with Crippen molar-refractivity contribution in [2.45, 2.75) is 30.6 Å². The van der Waals surface area contributed by atoms with Crippen LogP contribution in [0.25, 0.3) is 11.1 Å². The zero-order valence-corrected chi connectivity index (χ0v) is 15.0. The lowest BCUT2D eigenvalue weighted by Gasteiger charge is -2.45. The summed E-state index contributed by atoms with van der Waals surface area (Å²) in [5.41, 5.74) is 7.55. The number of aromatic nitrogens is 1. The number of rotatable bonds is 1. The maximum atomic E-state index is 6.35. The van der Waals surface area contributed by atoms with Crippen molar-refractivity contribution in [3.05, 3.63) is 47.2 Å². The van der Waals surface area contributed by atoms with Crippen LogP contribution < -0.4 is 10.5 Å². The molecule has 1 spiro atoms. The van der Waals surface area contributed by atoms with Crippen LogP contribution in [0.3, 0.4) is 0 Å². The number of aliphatic imine (C=N–C) groups is 1. The summed E-state index contributed by atoms with van der Waals surface area (Å²) in [5.74, 6) is 0.787. The minimum absolute atomic E-state index is 0.186. The summed E-state index contributed by atoms with van der Waals surface area (Å²) in [5, 5.41) is 0.587. The third-order valence-electron chi connectivity index (χ3n) is 5.45. The number of pyridine rings is 1. The van der Waals surface area contributed by atoms with E-state index in [0.717, 1.165) is 28.9 Å². The molecule has 4 heterocycles. The van der Waals surface area contributed by atoms with Crippen LogP contribution in [0, 0.1) is 0 Å². The van der Waals surface area contributed by atoms with E-state index in [1.54, 1.807) is 12.4 Å². The van der Waals surface area contributed by atoms with E-state index in [1.807, 2.05) is 18.2 Å². The summed E-state index contributed by atoms with van der Waals surface area (Å²) in [6.45, 7) is 3.03. The van der Waals surface area contributed by atoms with Gasteiger partial charge in [-0.3, -0.25) is 4.98 Å². The van der Waals surface area contributed by atoms with E-state index < -0.39 is 11.1 Å². The van der Waals surface area contributed by atoms with Crippen molar-refractivity contribution < 1.29 is 14.2 Å². The van der Waals surface area contributed by atoms with Gasteiger partial charge in [-0.25, -0.2) is 4.99 Å². The van der Waals surface area contributed by atoms with Crippen molar-refractivity contribution in [2.24, 2.45) is 10.7 Å². The second-order valence-electron chi connectivity index (χ2n) is 7.18. The summed E-state index contributed by atoms with van der Waals surface area (Å²) in [6, 6.07) is 8.09. The molecule has 0 amide bonds. The Bertz CT molecular complexity index is 934. The van der Waals surface area contributed by atoms with Crippen LogP contribution in [0.15, 0.2) is 41.7 Å². The first-order valence-corrected chi connectivity index (χ1v) is 8.92. The quantitative estimate of drug-likeness (QED) is 0.833. The first-order chi connectivity index (χ1) is 12.5. The number of hydrogen-bond acceptors (Lipinski definition) is 6. The first kappa shape index (κ1) is 15.9. The highest BCUT2D eigenvalue weighted by Gasteiger charge is 2.62. The minimum atomic E-state index is -0.703. The van der Waals surface area contributed by atoms with E-state index in [2.05, 4.69) is 23.0 Å². The molecule has 3 aliphatic heterocycles. The standard InChI is InChI=1S/C19H18ClN3O3/c1-18-4-5-24-16(18)19(10-25-17(21)23-19)14-7-11(2-3-15(14)26-18)12-6-13(20)9-22-8-12/h2-3,6-9,16H,4-5,10H2,1H3,(H2,21,23)/t16-,18+,19?/m1/s1. The number of amidine groups is 1. The van der Waals surface area contributed by atoms with E-state index in [-0.39, 0.29) is 12.1 Å². The summed E-state index contributed by atoms with van der Waals surface area (Å²) >= 11 is 6.10. The number of hydrogen-bond donors (Lipinski definition) is 1. The van der Waals surface area contributed by atoms with Gasteiger partial charge in [-0.2, -0.15) is 0 Å². The molecule has 0 saturated carbocycles. The van der Waals surface area contributed by atoms with Gasteiger partial charge in [-0.1, -0.05) is 17.7 Å². The molecular weight excluding hydrogens is 354 g/mol. The number of nitrogens with zero attached hydrogens (tertiary/aromatic N) is 2. The lowest BCUT2D eigenvalue weighted by molar-refractivity contribution is -0.0755. The highest BCUT2D eigenvalue weighted by atomic mass is 35.5. The Hall–Kier alpha value is -2.31. The fraction of sp³-hybridized carbons (Fsp3) is 0.368. The number of benzene rings is 1. The Labute approximate surface area is 155 Å². The molecule has 7 heteroatoms. The van der Waals surface area contributed by atoms with Crippen molar-refractivity contribution in [2.75, 3.05) is 13.2 Å². The van der Waals surface area contributed by atoms with Crippen molar-refractivity contribution >= 4 is 17.6 Å². The summed E-state index contributed by atoms with van der Waals surface area (Å²) in [4.78, 5) is 8.86. The van der Waals surface area contributed by atoms with Crippen LogP contribution in [0.1, 0.15) is 18.9 Å². The Balaban J connectivity index is 1.71. The van der Waals surface area contributed by atoms with Gasteiger partial charge in [0.1, 0.15) is 24.1 Å². The Morgan fingerprint density at radius 2 is 2.12 bits per heavy atom. The zero-order valence-electron chi connectivity index (χ0n) is 14.2. The van der Waals surface area contributed by atoms with Crippen molar-refractivity contribution in [3.8, 4) is 16.9 Å². The fourth-order valence-corrected chi connectivity index (χ4v) is 4.42. The smallest absolute Gasteiger partial charge is 0.283 e. The molecule has 5 rings (SSSR count). The van der Waals surface area contributed by atoms with Crippen molar-refractivity contribution in [3.63, 3.8) is 0 Å². The highest BCUT2D eigenvalue weighted by molar-refractivity contribution is 6.30. The second kappa shape index (κ2) is 5.34. The summed E-state index contributed by atoms with van der Waals surface area (Å²) < 4.78 is 18.0. The van der Waals surface area contributed by atoms with Crippen LogP contribution in [-0.4, -0.2) is 35.9 Å². The Morgan fingerprint density at radius 3 is 2.88 bits per heavy atom. The molecule has 1 fully saturated rings. The molecule has 3 aliphatic rings. The van der Waals surface area contributed by atoms with Crippen LogP contribution in [0.4, 0.5) is 0 Å². The summed E-state index contributed by atoms with van der Waals surface area (Å²) in [6.07, 6.45) is 3.94. The number of nitrogens with two attached hydrogens (primary N) is 1. The largest absolute Gasteiger partial charge is 0.484 e. The molecule has 0 aliphatic carbocycles.